The fourth-order valence-electron chi connectivity index (χ4n) is 2.77. The van der Waals surface area contributed by atoms with Gasteiger partial charge in [0.25, 0.3) is 0 Å². The van der Waals surface area contributed by atoms with Crippen molar-refractivity contribution in [3.63, 3.8) is 0 Å². The van der Waals surface area contributed by atoms with Gasteiger partial charge < -0.3 is 15.5 Å². The monoisotopic (exact) mass is 600 g/mol. The first-order valence-electron chi connectivity index (χ1n) is 9.67. The Morgan fingerprint density at radius 2 is 0.947 bits per heavy atom. The summed E-state index contributed by atoms with van der Waals surface area (Å²) >= 11 is 0. The molecule has 0 aliphatic carbocycles. The Bertz CT molecular complexity index is 974. The van der Waals surface area contributed by atoms with Gasteiger partial charge in [-0.2, -0.15) is 74.6 Å². The molecule has 1 aromatic rings. The molecule has 1 rings (SSSR count). The van der Waals surface area contributed by atoms with Gasteiger partial charge in [0.1, 0.15) is 0 Å². The Labute approximate surface area is 200 Å². The molecule has 0 radical (unpaired) electrons. The molecule has 0 saturated carbocycles. The number of quaternary nitrogens is 1. The van der Waals surface area contributed by atoms with E-state index in [1.54, 1.807) is 0 Å². The predicted octanol–water partition coefficient (Wildman–Crippen LogP) is 5.60. The van der Waals surface area contributed by atoms with Crippen LogP contribution in [0.4, 0.5) is 74.6 Å². The molecule has 0 spiro atoms. The number of phenolic OH excluding ortho intramolecular Hbond substituents is 2. The molecule has 1 aromatic carbocycles. The van der Waals surface area contributed by atoms with Gasteiger partial charge in [0.2, 0.25) is 0 Å². The maximum atomic E-state index is 13.8. The summed E-state index contributed by atoms with van der Waals surface area (Å²) in [5.41, 5.74) is 0.207. The van der Waals surface area contributed by atoms with Crippen LogP contribution in [0.3, 0.4) is 0 Å². The van der Waals surface area contributed by atoms with Crippen LogP contribution in [0.25, 0.3) is 0 Å². The molecule has 0 aromatic heterocycles. The van der Waals surface area contributed by atoms with E-state index in [-0.39, 0.29) is 18.5 Å². The predicted molar refractivity (Wildman–Crippen MR) is 90.4 cm³/mol. The first kappa shape index (κ1) is 33.6. The number of alkyl halides is 17. The van der Waals surface area contributed by atoms with E-state index in [0.29, 0.717) is 5.32 Å². The van der Waals surface area contributed by atoms with E-state index >= 15 is 0 Å². The molecule has 4 N–H and O–H groups in total. The molecule has 3 nitrogen and oxygen atoms in total. The van der Waals surface area contributed by atoms with Gasteiger partial charge in [-0.15, -0.1) is 0 Å². The minimum absolute atomic E-state index is 0.168. The van der Waals surface area contributed by atoms with Gasteiger partial charge in [0.05, 0.1) is 19.5 Å². The van der Waals surface area contributed by atoms with E-state index in [9.17, 15) is 79.7 Å². The van der Waals surface area contributed by atoms with E-state index < -0.39 is 72.1 Å². The molecule has 222 valence electrons. The fraction of sp³-hybridized carbons (Fsp3) is 0.667. The number of hydrogen-bond donors (Lipinski definition) is 3. The van der Waals surface area contributed by atoms with Crippen molar-refractivity contribution in [3.8, 4) is 11.5 Å². The van der Waals surface area contributed by atoms with Crippen molar-refractivity contribution >= 4 is 0 Å². The van der Waals surface area contributed by atoms with Crippen LogP contribution in [-0.4, -0.2) is 70.9 Å². The summed E-state index contributed by atoms with van der Waals surface area (Å²) in [6, 6.07) is 3.13. The Balaban J connectivity index is 3.13. The van der Waals surface area contributed by atoms with E-state index in [1.807, 2.05) is 0 Å². The average Bonchev–Trinajstić information content (AvgIpc) is 2.74. The third-order valence-corrected chi connectivity index (χ3v) is 5.13. The van der Waals surface area contributed by atoms with E-state index in [2.05, 4.69) is 0 Å². The molecule has 0 bridgehead atoms. The number of phenols is 2. The molecule has 0 saturated heterocycles. The third-order valence-electron chi connectivity index (χ3n) is 5.13. The van der Waals surface area contributed by atoms with Gasteiger partial charge in [0.15, 0.2) is 11.5 Å². The highest BCUT2D eigenvalue weighted by atomic mass is 19.4. The molecular formula is C18H15F17NO2+. The highest BCUT2D eigenvalue weighted by molar-refractivity contribution is 5.40. The van der Waals surface area contributed by atoms with Crippen LogP contribution in [0.5, 0.6) is 11.5 Å². The van der Waals surface area contributed by atoms with Crippen molar-refractivity contribution in [3.05, 3.63) is 23.8 Å². The van der Waals surface area contributed by atoms with Crippen molar-refractivity contribution in [1.82, 2.24) is 0 Å². The summed E-state index contributed by atoms with van der Waals surface area (Å²) in [5.74, 6) is -57.5. The van der Waals surface area contributed by atoms with Crippen molar-refractivity contribution in [2.45, 2.75) is 60.5 Å². The molecule has 0 amide bonds. The number of rotatable bonds is 12. The van der Waals surface area contributed by atoms with Crippen LogP contribution < -0.4 is 5.32 Å². The molecule has 0 aliphatic heterocycles. The van der Waals surface area contributed by atoms with Crippen molar-refractivity contribution in [1.29, 1.82) is 0 Å². The quantitative estimate of drug-likeness (QED) is 0.166. The molecule has 38 heavy (non-hydrogen) atoms. The number of nitrogens with two attached hydrogens (primary N) is 1. The number of benzene rings is 1. The summed E-state index contributed by atoms with van der Waals surface area (Å²) < 4.78 is 224. The molecule has 0 atom stereocenters. The van der Waals surface area contributed by atoms with Crippen molar-refractivity contribution < 1.29 is 90.2 Å². The topological polar surface area (TPSA) is 57.1 Å². The molecular weight excluding hydrogens is 585 g/mol. The van der Waals surface area contributed by atoms with Crippen LogP contribution in [0, 0.1) is 0 Å². The molecule has 0 fully saturated rings. The first-order chi connectivity index (χ1) is 16.6. The second kappa shape index (κ2) is 9.96. The standard InChI is InChI=1S/C18H14F17NO2/c19-11(20,4-6-36-5-3-8-1-2-9(37)10(38)7-8)12(21,22)13(23,24)14(25,26)15(27,28)16(29,30)17(31,32)18(33,34)35/h1-2,7,36-38H,3-6H2/p+1. The van der Waals surface area contributed by atoms with Crippen LogP contribution in [0.15, 0.2) is 18.2 Å². The fourth-order valence-corrected chi connectivity index (χ4v) is 2.77. The lowest BCUT2D eigenvalue weighted by Gasteiger charge is -2.42. The Hall–Kier alpha value is -2.41. The Kier molecular flexibility index (Phi) is 8.81. The molecule has 0 aliphatic rings. The lowest BCUT2D eigenvalue weighted by Crippen LogP contribution is -2.85. The average molecular weight is 600 g/mol. The highest BCUT2D eigenvalue weighted by Crippen LogP contribution is 2.64. The molecule has 0 unspecified atom stereocenters. The highest BCUT2D eigenvalue weighted by Gasteiger charge is 2.95. The lowest BCUT2D eigenvalue weighted by atomic mass is 9.88. The van der Waals surface area contributed by atoms with Crippen LogP contribution in [-0.2, 0) is 6.42 Å². The summed E-state index contributed by atoms with van der Waals surface area (Å²) in [6.07, 6.45) is -10.5. The minimum atomic E-state index is -8.64. The van der Waals surface area contributed by atoms with Crippen LogP contribution in [0.1, 0.15) is 12.0 Å². The smallest absolute Gasteiger partial charge is 0.460 e. The number of aromatic hydroxyl groups is 2. The zero-order valence-corrected chi connectivity index (χ0v) is 18.0. The van der Waals surface area contributed by atoms with Crippen LogP contribution in [0.2, 0.25) is 0 Å². The largest absolute Gasteiger partial charge is 0.504 e. The van der Waals surface area contributed by atoms with Crippen LogP contribution >= 0.6 is 0 Å². The maximum absolute atomic E-state index is 13.8. The third kappa shape index (κ3) is 5.23. The van der Waals surface area contributed by atoms with Gasteiger partial charge in [-0.05, 0) is 17.7 Å². The van der Waals surface area contributed by atoms with Gasteiger partial charge in [0, 0.05) is 6.42 Å². The summed E-state index contributed by atoms with van der Waals surface area (Å²) in [7, 11) is 0. The second-order valence-electron chi connectivity index (χ2n) is 7.84. The van der Waals surface area contributed by atoms with Crippen molar-refractivity contribution in [2.24, 2.45) is 0 Å². The number of halogens is 17. The van der Waals surface area contributed by atoms with E-state index in [1.165, 1.54) is 6.07 Å². The van der Waals surface area contributed by atoms with E-state index in [4.69, 9.17) is 5.11 Å². The second-order valence-corrected chi connectivity index (χ2v) is 7.84. The van der Waals surface area contributed by atoms with Crippen molar-refractivity contribution in [2.75, 3.05) is 13.1 Å². The maximum Gasteiger partial charge on any atom is 0.460 e. The van der Waals surface area contributed by atoms with Gasteiger partial charge in [-0.3, -0.25) is 0 Å². The first-order valence-corrected chi connectivity index (χ1v) is 9.67. The zero-order chi connectivity index (χ0) is 30.4. The zero-order valence-electron chi connectivity index (χ0n) is 18.0. The van der Waals surface area contributed by atoms with Gasteiger partial charge in [-0.1, -0.05) is 6.07 Å². The lowest BCUT2D eigenvalue weighted by molar-refractivity contribution is -0.657. The number of hydrogen-bond acceptors (Lipinski definition) is 2. The minimum Gasteiger partial charge on any atom is -0.504 e. The molecule has 0 heterocycles. The summed E-state index contributed by atoms with van der Waals surface area (Å²) in [5, 5.41) is 19.0. The SMILES string of the molecule is Oc1ccc(CC[NH2+]CCC(F)(F)C(F)(F)C(F)(F)C(F)(F)C(F)(F)C(F)(F)C(F)(F)C(F)(F)F)cc1O. The van der Waals surface area contributed by atoms with Gasteiger partial charge in [-0.25, -0.2) is 0 Å². The normalized spacial score (nSPS) is 15.2. The summed E-state index contributed by atoms with van der Waals surface area (Å²) in [4.78, 5) is 0. The molecule has 20 heteroatoms. The summed E-state index contributed by atoms with van der Waals surface area (Å²) in [6.45, 7) is -1.69. The Morgan fingerprint density at radius 3 is 1.37 bits per heavy atom. The van der Waals surface area contributed by atoms with E-state index in [0.717, 1.165) is 12.1 Å². The van der Waals surface area contributed by atoms with Gasteiger partial charge >= 0.3 is 47.6 Å². The Morgan fingerprint density at radius 1 is 0.526 bits per heavy atom.